The molecule has 0 aromatic heterocycles. The first-order valence-corrected chi connectivity index (χ1v) is 5.97. The number of benzene rings is 1. The molecule has 0 radical (unpaired) electrons. The molecular weight excluding hydrogens is 248 g/mol. The molecule has 0 atom stereocenters. The molecule has 19 heavy (non-hydrogen) atoms. The Balaban J connectivity index is 2.61. The van der Waals surface area contributed by atoms with E-state index in [9.17, 15) is 9.90 Å². The van der Waals surface area contributed by atoms with Crippen LogP contribution in [0.1, 0.15) is 12.0 Å². The number of rotatable bonds is 7. The smallest absolute Gasteiger partial charge is 0.221 e. The molecule has 0 spiro atoms. The molecule has 0 fully saturated rings. The first kappa shape index (κ1) is 15.1. The summed E-state index contributed by atoms with van der Waals surface area (Å²) in [5.41, 5.74) is 0.906. The van der Waals surface area contributed by atoms with Crippen molar-refractivity contribution in [2.75, 3.05) is 27.8 Å². The number of amides is 1. The third kappa shape index (κ3) is 4.33. The van der Waals surface area contributed by atoms with E-state index in [0.717, 1.165) is 5.56 Å². The average Bonchev–Trinajstić information content (AvgIpc) is 2.44. The van der Waals surface area contributed by atoms with E-state index in [1.807, 2.05) is 0 Å². The fourth-order valence-corrected chi connectivity index (χ4v) is 1.61. The van der Waals surface area contributed by atoms with Crippen LogP contribution in [0.15, 0.2) is 12.1 Å². The van der Waals surface area contributed by atoms with Gasteiger partial charge < -0.3 is 25.2 Å². The molecule has 0 saturated carbocycles. The van der Waals surface area contributed by atoms with Gasteiger partial charge in [-0.1, -0.05) is 0 Å². The molecule has 1 amide bonds. The second-order valence-corrected chi connectivity index (χ2v) is 3.95. The van der Waals surface area contributed by atoms with Gasteiger partial charge in [-0.05, 0) is 17.7 Å². The molecule has 6 heteroatoms. The Morgan fingerprint density at radius 3 is 2.32 bits per heavy atom. The number of nitrogens with one attached hydrogen (secondary N) is 2. The Morgan fingerprint density at radius 1 is 1.26 bits per heavy atom. The first-order valence-electron chi connectivity index (χ1n) is 5.97. The Labute approximate surface area is 112 Å². The Kier molecular flexibility index (Phi) is 5.95. The topological polar surface area (TPSA) is 79.8 Å². The Morgan fingerprint density at radius 2 is 1.84 bits per heavy atom. The van der Waals surface area contributed by atoms with E-state index in [4.69, 9.17) is 9.47 Å². The van der Waals surface area contributed by atoms with Crippen LogP contribution in [-0.4, -0.2) is 38.8 Å². The van der Waals surface area contributed by atoms with Gasteiger partial charge in [-0.3, -0.25) is 4.79 Å². The van der Waals surface area contributed by atoms with Crippen molar-refractivity contribution in [1.82, 2.24) is 10.6 Å². The highest BCUT2D eigenvalue weighted by Crippen LogP contribution is 2.36. The zero-order chi connectivity index (χ0) is 14.3. The van der Waals surface area contributed by atoms with Crippen LogP contribution in [0.4, 0.5) is 0 Å². The van der Waals surface area contributed by atoms with E-state index >= 15 is 0 Å². The molecule has 0 aliphatic rings. The summed E-state index contributed by atoms with van der Waals surface area (Å²) in [7, 11) is 4.58. The fourth-order valence-electron chi connectivity index (χ4n) is 1.61. The highest BCUT2D eigenvalue weighted by Gasteiger charge is 2.10. The highest BCUT2D eigenvalue weighted by molar-refractivity contribution is 5.75. The predicted octanol–water partition coefficient (Wildman–Crippen LogP) is 0.635. The van der Waals surface area contributed by atoms with Gasteiger partial charge in [0.2, 0.25) is 11.7 Å². The SMILES string of the molecule is CNC(=O)CCNCc1cc(OC)c(O)c(OC)c1. The predicted molar refractivity (Wildman–Crippen MR) is 71.6 cm³/mol. The number of methoxy groups -OCH3 is 2. The quantitative estimate of drug-likeness (QED) is 0.632. The number of carbonyl (C=O) groups excluding carboxylic acids is 1. The summed E-state index contributed by atoms with van der Waals surface area (Å²) >= 11 is 0. The van der Waals surface area contributed by atoms with E-state index in [1.165, 1.54) is 14.2 Å². The number of hydrogen-bond donors (Lipinski definition) is 3. The van der Waals surface area contributed by atoms with Gasteiger partial charge in [0, 0.05) is 26.6 Å². The van der Waals surface area contributed by atoms with Crippen molar-refractivity contribution < 1.29 is 19.4 Å². The molecule has 0 heterocycles. The van der Waals surface area contributed by atoms with Crippen molar-refractivity contribution in [3.05, 3.63) is 17.7 Å². The summed E-state index contributed by atoms with van der Waals surface area (Å²) in [6, 6.07) is 3.45. The maximum Gasteiger partial charge on any atom is 0.221 e. The number of aromatic hydroxyl groups is 1. The standard InChI is InChI=1S/C13H20N2O4/c1-14-12(16)4-5-15-8-9-6-10(18-2)13(17)11(7-9)19-3/h6-7,15,17H,4-5,8H2,1-3H3,(H,14,16). The van der Waals surface area contributed by atoms with E-state index < -0.39 is 0 Å². The van der Waals surface area contributed by atoms with Crippen molar-refractivity contribution in [2.24, 2.45) is 0 Å². The molecule has 0 unspecified atom stereocenters. The Hall–Kier alpha value is -1.95. The first-order chi connectivity index (χ1) is 9.12. The molecule has 1 aromatic carbocycles. The van der Waals surface area contributed by atoms with E-state index in [1.54, 1.807) is 19.2 Å². The van der Waals surface area contributed by atoms with Gasteiger partial charge in [0.15, 0.2) is 11.5 Å². The zero-order valence-electron chi connectivity index (χ0n) is 11.4. The molecule has 0 aliphatic carbocycles. The molecule has 0 bridgehead atoms. The second kappa shape index (κ2) is 7.48. The van der Waals surface area contributed by atoms with Gasteiger partial charge in [0.25, 0.3) is 0 Å². The van der Waals surface area contributed by atoms with Gasteiger partial charge in [0.05, 0.1) is 14.2 Å². The number of phenolic OH excluding ortho intramolecular Hbond substituents is 1. The fraction of sp³-hybridized carbons (Fsp3) is 0.462. The summed E-state index contributed by atoms with van der Waals surface area (Å²) in [6.45, 7) is 1.13. The van der Waals surface area contributed by atoms with Gasteiger partial charge >= 0.3 is 0 Å². The maximum absolute atomic E-state index is 11.0. The minimum Gasteiger partial charge on any atom is -0.502 e. The highest BCUT2D eigenvalue weighted by atomic mass is 16.5. The van der Waals surface area contributed by atoms with Crippen LogP contribution in [0.25, 0.3) is 0 Å². The monoisotopic (exact) mass is 268 g/mol. The number of hydrogen-bond acceptors (Lipinski definition) is 5. The summed E-state index contributed by atoms with van der Waals surface area (Å²) in [5, 5.41) is 15.5. The number of ether oxygens (including phenoxy) is 2. The number of phenols is 1. The number of carbonyl (C=O) groups is 1. The lowest BCUT2D eigenvalue weighted by molar-refractivity contribution is -0.120. The van der Waals surface area contributed by atoms with Crippen LogP contribution in [0.5, 0.6) is 17.2 Å². The van der Waals surface area contributed by atoms with Gasteiger partial charge in [-0.25, -0.2) is 0 Å². The van der Waals surface area contributed by atoms with Crippen molar-refractivity contribution in [3.8, 4) is 17.2 Å². The molecule has 0 saturated heterocycles. The lowest BCUT2D eigenvalue weighted by Crippen LogP contribution is -2.24. The average molecular weight is 268 g/mol. The van der Waals surface area contributed by atoms with Crippen LogP contribution in [0.3, 0.4) is 0 Å². The maximum atomic E-state index is 11.0. The van der Waals surface area contributed by atoms with Gasteiger partial charge in [-0.2, -0.15) is 0 Å². The minimum atomic E-state index is -0.0147. The summed E-state index contributed by atoms with van der Waals surface area (Å²) in [5.74, 6) is 0.706. The molecule has 106 valence electrons. The summed E-state index contributed by atoms with van der Waals surface area (Å²) in [4.78, 5) is 11.0. The Bertz CT molecular complexity index is 410. The zero-order valence-corrected chi connectivity index (χ0v) is 11.4. The molecule has 3 N–H and O–H groups in total. The minimum absolute atomic E-state index is 0.00614. The molecule has 1 aromatic rings. The van der Waals surface area contributed by atoms with Gasteiger partial charge in [-0.15, -0.1) is 0 Å². The van der Waals surface area contributed by atoms with E-state index in [-0.39, 0.29) is 11.7 Å². The molecule has 1 rings (SSSR count). The van der Waals surface area contributed by atoms with E-state index in [2.05, 4.69) is 10.6 Å². The van der Waals surface area contributed by atoms with Crippen molar-refractivity contribution in [2.45, 2.75) is 13.0 Å². The van der Waals surface area contributed by atoms with Gasteiger partial charge in [0.1, 0.15) is 0 Å². The lowest BCUT2D eigenvalue weighted by atomic mass is 10.2. The third-order valence-corrected chi connectivity index (χ3v) is 2.68. The van der Waals surface area contributed by atoms with Crippen molar-refractivity contribution >= 4 is 5.91 Å². The second-order valence-electron chi connectivity index (χ2n) is 3.95. The van der Waals surface area contributed by atoms with Crippen LogP contribution in [0, 0.1) is 0 Å². The lowest BCUT2D eigenvalue weighted by Gasteiger charge is -2.11. The van der Waals surface area contributed by atoms with Crippen LogP contribution in [-0.2, 0) is 11.3 Å². The third-order valence-electron chi connectivity index (χ3n) is 2.68. The molecular formula is C13H20N2O4. The normalized spacial score (nSPS) is 10.1. The van der Waals surface area contributed by atoms with Crippen LogP contribution < -0.4 is 20.1 Å². The summed E-state index contributed by atoms with van der Waals surface area (Å²) in [6.07, 6.45) is 0.419. The molecule has 6 nitrogen and oxygen atoms in total. The van der Waals surface area contributed by atoms with Crippen molar-refractivity contribution in [3.63, 3.8) is 0 Å². The van der Waals surface area contributed by atoms with Crippen LogP contribution in [0.2, 0.25) is 0 Å². The van der Waals surface area contributed by atoms with Crippen molar-refractivity contribution in [1.29, 1.82) is 0 Å². The summed E-state index contributed by atoms with van der Waals surface area (Å²) < 4.78 is 10.1. The van der Waals surface area contributed by atoms with E-state index in [0.29, 0.717) is 31.0 Å². The molecule has 0 aliphatic heterocycles. The van der Waals surface area contributed by atoms with Crippen LogP contribution >= 0.6 is 0 Å². The largest absolute Gasteiger partial charge is 0.502 e.